The lowest BCUT2D eigenvalue weighted by atomic mass is 10.1. The molecule has 0 unspecified atom stereocenters. The van der Waals surface area contributed by atoms with E-state index in [2.05, 4.69) is 5.32 Å². The number of carbonyl (C=O) groups excluding carboxylic acids is 1. The number of ether oxygens (including phenoxy) is 3. The second kappa shape index (κ2) is 9.74. The van der Waals surface area contributed by atoms with Gasteiger partial charge >= 0.3 is 6.03 Å². The van der Waals surface area contributed by atoms with Gasteiger partial charge in [0.2, 0.25) is 5.75 Å². The average Bonchev–Trinajstić information content (AvgIpc) is 3.27. The summed E-state index contributed by atoms with van der Waals surface area (Å²) in [5.74, 6) is 1.69. The van der Waals surface area contributed by atoms with Gasteiger partial charge in [0.15, 0.2) is 11.5 Å². The van der Waals surface area contributed by atoms with Crippen molar-refractivity contribution in [2.75, 3.05) is 26.6 Å². The summed E-state index contributed by atoms with van der Waals surface area (Å²) >= 11 is 5.95. The molecular weight excluding hydrogens is 392 g/mol. The molecule has 0 atom stereocenters. The van der Waals surface area contributed by atoms with Crippen molar-refractivity contribution in [3.63, 3.8) is 0 Å². The molecule has 6 nitrogen and oxygen atoms in total. The molecule has 0 bridgehead atoms. The van der Waals surface area contributed by atoms with E-state index in [0.29, 0.717) is 34.5 Å². The minimum absolute atomic E-state index is 0.143. The Kier molecular flexibility index (Phi) is 7.09. The van der Waals surface area contributed by atoms with Crippen molar-refractivity contribution in [3.8, 4) is 17.2 Å². The molecule has 2 amide bonds. The highest BCUT2D eigenvalue weighted by Gasteiger charge is 2.29. The third-order valence-corrected chi connectivity index (χ3v) is 5.50. The van der Waals surface area contributed by atoms with Gasteiger partial charge in [-0.15, -0.1) is 0 Å². The van der Waals surface area contributed by atoms with E-state index >= 15 is 0 Å². The number of hydrogen-bond donors (Lipinski definition) is 1. The zero-order valence-corrected chi connectivity index (χ0v) is 17.8. The van der Waals surface area contributed by atoms with E-state index in [1.54, 1.807) is 45.6 Å². The molecule has 1 aliphatic carbocycles. The second-order valence-electron chi connectivity index (χ2n) is 7.00. The summed E-state index contributed by atoms with van der Waals surface area (Å²) in [6.07, 6.45) is 4.23. The van der Waals surface area contributed by atoms with Crippen molar-refractivity contribution >= 4 is 23.3 Å². The molecule has 0 heterocycles. The van der Waals surface area contributed by atoms with Gasteiger partial charge < -0.3 is 24.4 Å². The van der Waals surface area contributed by atoms with Crippen molar-refractivity contribution < 1.29 is 19.0 Å². The molecule has 1 saturated carbocycles. The van der Waals surface area contributed by atoms with Crippen LogP contribution in [-0.4, -0.2) is 38.3 Å². The lowest BCUT2D eigenvalue weighted by Gasteiger charge is -2.30. The predicted molar refractivity (Wildman–Crippen MR) is 114 cm³/mol. The van der Waals surface area contributed by atoms with Crippen LogP contribution in [0.4, 0.5) is 10.5 Å². The lowest BCUT2D eigenvalue weighted by molar-refractivity contribution is 0.183. The number of nitrogens with zero attached hydrogens (tertiary/aromatic N) is 1. The maximum atomic E-state index is 13.2. The maximum absolute atomic E-state index is 13.2. The van der Waals surface area contributed by atoms with Crippen LogP contribution in [0.5, 0.6) is 17.2 Å². The molecule has 1 N–H and O–H groups in total. The van der Waals surface area contributed by atoms with Crippen molar-refractivity contribution in [3.05, 3.63) is 47.0 Å². The van der Waals surface area contributed by atoms with Crippen LogP contribution in [0.25, 0.3) is 0 Å². The van der Waals surface area contributed by atoms with Gasteiger partial charge in [-0.25, -0.2) is 4.79 Å². The Morgan fingerprint density at radius 1 is 1.00 bits per heavy atom. The molecule has 0 spiro atoms. The van der Waals surface area contributed by atoms with Gasteiger partial charge in [-0.1, -0.05) is 24.4 Å². The summed E-state index contributed by atoms with van der Waals surface area (Å²) < 4.78 is 16.5. The van der Waals surface area contributed by atoms with E-state index in [-0.39, 0.29) is 12.1 Å². The van der Waals surface area contributed by atoms with Crippen molar-refractivity contribution in [1.82, 2.24) is 4.90 Å². The average molecular weight is 419 g/mol. The van der Waals surface area contributed by atoms with Crippen LogP contribution < -0.4 is 19.5 Å². The summed E-state index contributed by atoms with van der Waals surface area (Å²) in [5.41, 5.74) is 1.57. The molecule has 0 aliphatic heterocycles. The molecular formula is C22H27ClN2O4. The van der Waals surface area contributed by atoms with E-state index in [0.717, 1.165) is 31.2 Å². The van der Waals surface area contributed by atoms with Gasteiger partial charge in [-0.05, 0) is 49.2 Å². The number of nitrogens with one attached hydrogen (secondary N) is 1. The number of halogens is 1. The Balaban J connectivity index is 1.88. The first-order chi connectivity index (χ1) is 14.1. The molecule has 3 rings (SSSR count). The molecule has 156 valence electrons. The standard InChI is InChI=1S/C22H27ClN2O4/c1-27-19-13-8-15(20(28-2)21(19)29-3)14-25(18-6-4-5-7-18)22(26)24-17-11-9-16(23)10-12-17/h8-13,18H,4-7,14H2,1-3H3,(H,24,26). The van der Waals surface area contributed by atoms with Gasteiger partial charge in [-0.3, -0.25) is 0 Å². The SMILES string of the molecule is COc1ccc(CN(C(=O)Nc2ccc(Cl)cc2)C2CCCC2)c(OC)c1OC. The summed E-state index contributed by atoms with van der Waals surface area (Å²) in [4.78, 5) is 15.0. The molecule has 7 heteroatoms. The lowest BCUT2D eigenvalue weighted by Crippen LogP contribution is -2.41. The largest absolute Gasteiger partial charge is 0.493 e. The topological polar surface area (TPSA) is 60.0 Å². The number of hydrogen-bond acceptors (Lipinski definition) is 4. The fraction of sp³-hybridized carbons (Fsp3) is 0.409. The summed E-state index contributed by atoms with van der Waals surface area (Å²) in [7, 11) is 4.75. The smallest absolute Gasteiger partial charge is 0.322 e. The molecule has 29 heavy (non-hydrogen) atoms. The Labute approximate surface area is 176 Å². The van der Waals surface area contributed by atoms with Crippen LogP contribution in [0, 0.1) is 0 Å². The number of amides is 2. The fourth-order valence-electron chi connectivity index (χ4n) is 3.78. The Bertz CT molecular complexity index is 835. The van der Waals surface area contributed by atoms with Crippen LogP contribution in [-0.2, 0) is 6.54 Å². The van der Waals surface area contributed by atoms with Crippen molar-refractivity contribution in [2.24, 2.45) is 0 Å². The third-order valence-electron chi connectivity index (χ3n) is 5.25. The first-order valence-electron chi connectivity index (χ1n) is 9.68. The first kappa shape index (κ1) is 21.1. The molecule has 2 aromatic carbocycles. The van der Waals surface area contributed by atoms with Crippen molar-refractivity contribution in [1.29, 1.82) is 0 Å². The van der Waals surface area contributed by atoms with E-state index in [1.807, 2.05) is 17.0 Å². The highest BCUT2D eigenvalue weighted by Crippen LogP contribution is 2.40. The fourth-order valence-corrected chi connectivity index (χ4v) is 3.91. The number of methoxy groups -OCH3 is 3. The predicted octanol–water partition coefficient (Wildman–Crippen LogP) is 5.34. The van der Waals surface area contributed by atoms with Crippen LogP contribution >= 0.6 is 11.6 Å². The van der Waals surface area contributed by atoms with Crippen LogP contribution in [0.3, 0.4) is 0 Å². The highest BCUT2D eigenvalue weighted by molar-refractivity contribution is 6.30. The minimum Gasteiger partial charge on any atom is -0.493 e. The van der Waals surface area contributed by atoms with Crippen LogP contribution in [0.15, 0.2) is 36.4 Å². The minimum atomic E-state index is -0.143. The molecule has 0 saturated heterocycles. The number of carbonyl (C=O) groups is 1. The quantitative estimate of drug-likeness (QED) is 0.659. The normalized spacial score (nSPS) is 13.8. The van der Waals surface area contributed by atoms with Crippen LogP contribution in [0.1, 0.15) is 31.2 Å². The van der Waals surface area contributed by atoms with E-state index < -0.39 is 0 Å². The number of anilines is 1. The molecule has 0 aromatic heterocycles. The van der Waals surface area contributed by atoms with Gasteiger partial charge in [0.1, 0.15) is 0 Å². The van der Waals surface area contributed by atoms with Gasteiger partial charge in [0, 0.05) is 22.3 Å². The first-order valence-corrected chi connectivity index (χ1v) is 10.1. The monoisotopic (exact) mass is 418 g/mol. The highest BCUT2D eigenvalue weighted by atomic mass is 35.5. The van der Waals surface area contributed by atoms with Gasteiger partial charge in [-0.2, -0.15) is 0 Å². The maximum Gasteiger partial charge on any atom is 0.322 e. The molecule has 1 fully saturated rings. The Morgan fingerprint density at radius 2 is 1.66 bits per heavy atom. The van der Waals surface area contributed by atoms with Gasteiger partial charge in [0.25, 0.3) is 0 Å². The molecule has 2 aromatic rings. The second-order valence-corrected chi connectivity index (χ2v) is 7.43. The number of benzene rings is 2. The zero-order chi connectivity index (χ0) is 20.8. The van der Waals surface area contributed by atoms with Crippen LogP contribution in [0.2, 0.25) is 5.02 Å². The van der Waals surface area contributed by atoms with E-state index in [4.69, 9.17) is 25.8 Å². The number of urea groups is 1. The van der Waals surface area contributed by atoms with Crippen molar-refractivity contribution in [2.45, 2.75) is 38.3 Å². The third kappa shape index (κ3) is 4.88. The summed E-state index contributed by atoms with van der Waals surface area (Å²) in [5, 5.41) is 3.62. The summed E-state index contributed by atoms with van der Waals surface area (Å²) in [6, 6.07) is 10.9. The zero-order valence-electron chi connectivity index (χ0n) is 17.0. The van der Waals surface area contributed by atoms with E-state index in [1.165, 1.54) is 0 Å². The Hall–Kier alpha value is -2.60. The van der Waals surface area contributed by atoms with Gasteiger partial charge in [0.05, 0.1) is 27.9 Å². The molecule has 1 aliphatic rings. The Morgan fingerprint density at radius 3 is 2.24 bits per heavy atom. The molecule has 0 radical (unpaired) electrons. The summed E-state index contributed by atoms with van der Waals surface area (Å²) in [6.45, 7) is 0.410. The van der Waals surface area contributed by atoms with E-state index in [9.17, 15) is 4.79 Å². The number of rotatable bonds is 7.